The molecule has 0 atom stereocenters. The number of aromatic nitrogens is 2. The van der Waals surface area contributed by atoms with Crippen LogP contribution >= 0.6 is 0 Å². The van der Waals surface area contributed by atoms with E-state index in [1.165, 1.54) is 0 Å². The van der Waals surface area contributed by atoms with Gasteiger partial charge >= 0.3 is 0 Å². The maximum Gasteiger partial charge on any atom is 0.247 e. The van der Waals surface area contributed by atoms with Crippen LogP contribution in [0.1, 0.15) is 5.89 Å². The van der Waals surface area contributed by atoms with E-state index in [1.54, 1.807) is 14.0 Å². The lowest BCUT2D eigenvalue weighted by Gasteiger charge is -1.98. The molecular formula is C10H10N2O2. The largest absolute Gasteiger partial charge is 0.497 e. The highest BCUT2D eigenvalue weighted by Gasteiger charge is 2.04. The molecule has 2 rings (SSSR count). The minimum atomic E-state index is 0.533. The summed E-state index contributed by atoms with van der Waals surface area (Å²) < 4.78 is 10.3. The molecule has 0 spiro atoms. The number of ether oxygens (including phenoxy) is 1. The van der Waals surface area contributed by atoms with Crippen LogP contribution in [0.2, 0.25) is 0 Å². The Balaban J connectivity index is 2.33. The van der Waals surface area contributed by atoms with Crippen LogP contribution < -0.4 is 4.74 Å². The molecule has 0 unspecified atom stereocenters. The van der Waals surface area contributed by atoms with E-state index in [0.29, 0.717) is 11.8 Å². The van der Waals surface area contributed by atoms with Gasteiger partial charge in [-0.2, -0.15) is 0 Å². The van der Waals surface area contributed by atoms with Gasteiger partial charge in [-0.1, -0.05) is 0 Å². The minimum Gasteiger partial charge on any atom is -0.497 e. The van der Waals surface area contributed by atoms with Gasteiger partial charge in [0.1, 0.15) is 5.75 Å². The highest BCUT2D eigenvalue weighted by molar-refractivity contribution is 5.53. The molecule has 0 N–H and O–H groups in total. The maximum atomic E-state index is 5.28. The average Bonchev–Trinajstić information content (AvgIpc) is 2.65. The third-order valence-corrected chi connectivity index (χ3v) is 1.86. The van der Waals surface area contributed by atoms with Crippen molar-refractivity contribution < 1.29 is 9.15 Å². The fourth-order valence-corrected chi connectivity index (χ4v) is 1.15. The van der Waals surface area contributed by atoms with Crippen molar-refractivity contribution in [3.05, 3.63) is 30.2 Å². The Hall–Kier alpha value is -1.84. The third-order valence-electron chi connectivity index (χ3n) is 1.86. The predicted octanol–water partition coefficient (Wildman–Crippen LogP) is 2.05. The van der Waals surface area contributed by atoms with Crippen LogP contribution in [0, 0.1) is 6.92 Å². The monoisotopic (exact) mass is 190 g/mol. The molecule has 0 amide bonds. The van der Waals surface area contributed by atoms with Crippen LogP contribution in [-0.2, 0) is 0 Å². The zero-order valence-corrected chi connectivity index (χ0v) is 8.02. The van der Waals surface area contributed by atoms with Gasteiger partial charge in [-0.25, -0.2) is 0 Å². The highest BCUT2D eigenvalue weighted by atomic mass is 16.5. The van der Waals surface area contributed by atoms with Gasteiger partial charge in [0, 0.05) is 12.5 Å². The van der Waals surface area contributed by atoms with Gasteiger partial charge in [0.2, 0.25) is 11.8 Å². The Morgan fingerprint density at radius 3 is 2.36 bits per heavy atom. The second-order valence-corrected chi connectivity index (χ2v) is 2.85. The van der Waals surface area contributed by atoms with Crippen molar-refractivity contribution in [3.63, 3.8) is 0 Å². The zero-order valence-electron chi connectivity index (χ0n) is 8.02. The van der Waals surface area contributed by atoms with Crippen molar-refractivity contribution in [3.8, 4) is 17.2 Å². The lowest BCUT2D eigenvalue weighted by molar-refractivity contribution is 0.415. The first kappa shape index (κ1) is 8.74. The number of nitrogens with zero attached hydrogens (tertiary/aromatic N) is 2. The van der Waals surface area contributed by atoms with Crippen molar-refractivity contribution in [2.75, 3.05) is 7.11 Å². The lowest BCUT2D eigenvalue weighted by Crippen LogP contribution is -1.82. The molecule has 1 aromatic carbocycles. The second-order valence-electron chi connectivity index (χ2n) is 2.85. The predicted molar refractivity (Wildman–Crippen MR) is 51.0 cm³/mol. The SMILES string of the molecule is COc1ccc(-c2nnc(C)o2)cc1. The van der Waals surface area contributed by atoms with Crippen molar-refractivity contribution in [2.24, 2.45) is 0 Å². The van der Waals surface area contributed by atoms with Gasteiger partial charge in [0.25, 0.3) is 0 Å². The molecule has 4 nitrogen and oxygen atoms in total. The maximum absolute atomic E-state index is 5.28. The molecule has 0 fully saturated rings. The summed E-state index contributed by atoms with van der Waals surface area (Å²) in [5.74, 6) is 1.91. The van der Waals surface area contributed by atoms with Crippen molar-refractivity contribution in [2.45, 2.75) is 6.92 Å². The summed E-state index contributed by atoms with van der Waals surface area (Å²) in [7, 11) is 1.63. The Kier molecular flexibility index (Phi) is 2.18. The quantitative estimate of drug-likeness (QED) is 0.727. The minimum absolute atomic E-state index is 0.533. The first-order valence-corrected chi connectivity index (χ1v) is 4.24. The zero-order chi connectivity index (χ0) is 9.97. The van der Waals surface area contributed by atoms with E-state index in [4.69, 9.17) is 9.15 Å². The van der Waals surface area contributed by atoms with Gasteiger partial charge in [0.15, 0.2) is 0 Å². The van der Waals surface area contributed by atoms with E-state index in [2.05, 4.69) is 10.2 Å². The molecule has 0 aliphatic rings. The molecule has 72 valence electrons. The molecule has 0 aliphatic heterocycles. The Morgan fingerprint density at radius 2 is 1.86 bits per heavy atom. The van der Waals surface area contributed by atoms with Crippen LogP contribution in [0.4, 0.5) is 0 Å². The Morgan fingerprint density at radius 1 is 1.14 bits per heavy atom. The third kappa shape index (κ3) is 1.59. The molecular weight excluding hydrogens is 180 g/mol. The Bertz CT molecular complexity index is 420. The van der Waals surface area contributed by atoms with Gasteiger partial charge < -0.3 is 9.15 Å². The fraction of sp³-hybridized carbons (Fsp3) is 0.200. The van der Waals surface area contributed by atoms with Crippen LogP contribution in [0.15, 0.2) is 28.7 Å². The van der Waals surface area contributed by atoms with Crippen LogP contribution in [0.3, 0.4) is 0 Å². The number of methoxy groups -OCH3 is 1. The lowest BCUT2D eigenvalue weighted by atomic mass is 10.2. The molecule has 1 aromatic heterocycles. The summed E-state index contributed by atoms with van der Waals surface area (Å²) in [6, 6.07) is 7.47. The highest BCUT2D eigenvalue weighted by Crippen LogP contribution is 2.20. The summed E-state index contributed by atoms with van der Waals surface area (Å²) in [5.41, 5.74) is 0.895. The molecule has 4 heteroatoms. The van der Waals surface area contributed by atoms with Gasteiger partial charge in [-0.3, -0.25) is 0 Å². The topological polar surface area (TPSA) is 48.2 Å². The molecule has 14 heavy (non-hydrogen) atoms. The van der Waals surface area contributed by atoms with Crippen LogP contribution in [-0.4, -0.2) is 17.3 Å². The summed E-state index contributed by atoms with van der Waals surface area (Å²) in [6.45, 7) is 1.76. The number of hydrogen-bond donors (Lipinski definition) is 0. The fourth-order valence-electron chi connectivity index (χ4n) is 1.15. The number of aryl methyl sites for hydroxylation is 1. The number of benzene rings is 1. The van der Waals surface area contributed by atoms with Crippen molar-refractivity contribution in [1.29, 1.82) is 0 Å². The number of hydrogen-bond acceptors (Lipinski definition) is 4. The van der Waals surface area contributed by atoms with Crippen molar-refractivity contribution in [1.82, 2.24) is 10.2 Å². The van der Waals surface area contributed by atoms with E-state index in [-0.39, 0.29) is 0 Å². The first-order chi connectivity index (χ1) is 6.79. The standard InChI is InChI=1S/C10H10N2O2/c1-7-11-12-10(14-7)8-3-5-9(13-2)6-4-8/h3-6H,1-2H3. The van der Waals surface area contributed by atoms with E-state index >= 15 is 0 Å². The van der Waals surface area contributed by atoms with E-state index < -0.39 is 0 Å². The summed E-state index contributed by atoms with van der Waals surface area (Å²) in [4.78, 5) is 0. The molecule has 0 radical (unpaired) electrons. The molecule has 0 aliphatic carbocycles. The second kappa shape index (κ2) is 3.49. The molecule has 0 bridgehead atoms. The Labute approximate surface area is 81.5 Å². The average molecular weight is 190 g/mol. The van der Waals surface area contributed by atoms with Crippen LogP contribution in [0.5, 0.6) is 5.75 Å². The van der Waals surface area contributed by atoms with Crippen molar-refractivity contribution >= 4 is 0 Å². The summed E-state index contributed by atoms with van der Waals surface area (Å²) in [6.07, 6.45) is 0. The summed E-state index contributed by atoms with van der Waals surface area (Å²) in [5, 5.41) is 7.67. The van der Waals surface area contributed by atoms with E-state index in [0.717, 1.165) is 11.3 Å². The van der Waals surface area contributed by atoms with Gasteiger partial charge in [0.05, 0.1) is 7.11 Å². The number of rotatable bonds is 2. The molecule has 2 aromatic rings. The van der Waals surface area contributed by atoms with E-state index in [9.17, 15) is 0 Å². The van der Waals surface area contributed by atoms with Gasteiger partial charge in [-0.15, -0.1) is 10.2 Å². The molecule has 1 heterocycles. The first-order valence-electron chi connectivity index (χ1n) is 4.24. The normalized spacial score (nSPS) is 10.1. The van der Waals surface area contributed by atoms with E-state index in [1.807, 2.05) is 24.3 Å². The molecule has 0 saturated heterocycles. The van der Waals surface area contributed by atoms with Gasteiger partial charge in [-0.05, 0) is 24.3 Å². The smallest absolute Gasteiger partial charge is 0.247 e. The summed E-state index contributed by atoms with van der Waals surface area (Å²) >= 11 is 0. The van der Waals surface area contributed by atoms with Crippen LogP contribution in [0.25, 0.3) is 11.5 Å². The molecule has 0 saturated carbocycles.